The summed E-state index contributed by atoms with van der Waals surface area (Å²) in [5.41, 5.74) is 1.02. The van der Waals surface area contributed by atoms with Crippen molar-refractivity contribution in [3.05, 3.63) is 70.3 Å². The van der Waals surface area contributed by atoms with E-state index in [-0.39, 0.29) is 37.7 Å². The number of hydrogen-bond acceptors (Lipinski definition) is 6. The zero-order valence-electron chi connectivity index (χ0n) is 16.4. The third-order valence-electron chi connectivity index (χ3n) is 4.80. The van der Waals surface area contributed by atoms with Gasteiger partial charge in [-0.1, -0.05) is 23.7 Å². The SMILES string of the molecule is COc1ccc(C(O)=C2C(=O)C(=O)N(CCOCCO)C2c2ccc(Cl)cc2)cc1. The summed E-state index contributed by atoms with van der Waals surface area (Å²) in [6, 6.07) is 12.5. The van der Waals surface area contributed by atoms with Crippen LogP contribution in [-0.2, 0) is 14.3 Å². The van der Waals surface area contributed by atoms with Crippen molar-refractivity contribution in [3.8, 4) is 5.75 Å². The Bertz CT molecular complexity index is 939. The molecule has 2 N–H and O–H groups in total. The number of amides is 1. The number of hydrogen-bond donors (Lipinski definition) is 2. The van der Waals surface area contributed by atoms with Crippen LogP contribution in [0.5, 0.6) is 5.75 Å². The van der Waals surface area contributed by atoms with Crippen molar-refractivity contribution in [2.75, 3.05) is 33.5 Å². The van der Waals surface area contributed by atoms with Crippen LogP contribution in [0.25, 0.3) is 5.76 Å². The Balaban J connectivity index is 2.04. The normalized spacial score (nSPS) is 18.1. The van der Waals surface area contributed by atoms with Crippen LogP contribution in [0.15, 0.2) is 54.1 Å². The molecule has 0 aromatic heterocycles. The smallest absolute Gasteiger partial charge is 0.295 e. The van der Waals surface area contributed by atoms with E-state index >= 15 is 0 Å². The maximum Gasteiger partial charge on any atom is 0.295 e. The first kappa shape index (κ1) is 21.8. The molecule has 1 aliphatic heterocycles. The van der Waals surface area contributed by atoms with Crippen LogP contribution in [-0.4, -0.2) is 60.3 Å². The first-order valence-electron chi connectivity index (χ1n) is 9.34. The summed E-state index contributed by atoms with van der Waals surface area (Å²) < 4.78 is 10.4. The molecule has 2 aromatic rings. The minimum absolute atomic E-state index is 0.00496. The molecule has 8 heteroatoms. The molecule has 1 unspecified atom stereocenters. The minimum atomic E-state index is -0.790. The standard InChI is InChI=1S/C22H22ClNO6/c1-29-17-8-4-15(5-9-17)20(26)18-19(14-2-6-16(23)7-3-14)24(22(28)21(18)27)10-12-30-13-11-25/h2-9,19,25-26H,10-13H2,1H3. The molecule has 1 amide bonds. The van der Waals surface area contributed by atoms with Gasteiger partial charge in [-0.2, -0.15) is 0 Å². The fourth-order valence-corrected chi connectivity index (χ4v) is 3.46. The van der Waals surface area contributed by atoms with Gasteiger partial charge in [0.2, 0.25) is 0 Å². The first-order valence-corrected chi connectivity index (χ1v) is 9.72. The lowest BCUT2D eigenvalue weighted by atomic mass is 9.95. The molecule has 0 spiro atoms. The molecule has 1 heterocycles. The molecule has 0 bridgehead atoms. The van der Waals surface area contributed by atoms with Gasteiger partial charge in [-0.05, 0) is 42.0 Å². The van der Waals surface area contributed by atoms with Gasteiger partial charge >= 0.3 is 0 Å². The number of aliphatic hydroxyl groups is 2. The lowest BCUT2D eigenvalue weighted by Gasteiger charge is -2.25. The topological polar surface area (TPSA) is 96.3 Å². The van der Waals surface area contributed by atoms with Crippen molar-refractivity contribution in [1.29, 1.82) is 0 Å². The van der Waals surface area contributed by atoms with Gasteiger partial charge in [-0.3, -0.25) is 9.59 Å². The van der Waals surface area contributed by atoms with Crippen molar-refractivity contribution in [3.63, 3.8) is 0 Å². The van der Waals surface area contributed by atoms with Crippen LogP contribution >= 0.6 is 11.6 Å². The number of methoxy groups -OCH3 is 1. The second-order valence-electron chi connectivity index (χ2n) is 6.61. The molecule has 0 saturated carbocycles. The summed E-state index contributed by atoms with van der Waals surface area (Å²) in [6.07, 6.45) is 0. The zero-order valence-corrected chi connectivity index (χ0v) is 17.1. The van der Waals surface area contributed by atoms with E-state index in [2.05, 4.69) is 0 Å². The van der Waals surface area contributed by atoms with Crippen LogP contribution < -0.4 is 4.74 Å². The highest BCUT2D eigenvalue weighted by Crippen LogP contribution is 2.39. The Kier molecular flexibility index (Phi) is 7.10. The van der Waals surface area contributed by atoms with Gasteiger partial charge in [-0.15, -0.1) is 0 Å². The fraction of sp³-hybridized carbons (Fsp3) is 0.273. The summed E-state index contributed by atoms with van der Waals surface area (Å²) in [5, 5.41) is 20.3. The fourth-order valence-electron chi connectivity index (χ4n) is 3.34. The number of rotatable bonds is 8. The van der Waals surface area contributed by atoms with Gasteiger partial charge in [0.25, 0.3) is 11.7 Å². The van der Waals surface area contributed by atoms with Crippen molar-refractivity contribution in [2.45, 2.75) is 6.04 Å². The second-order valence-corrected chi connectivity index (χ2v) is 7.04. The second kappa shape index (κ2) is 9.75. The van der Waals surface area contributed by atoms with Crippen molar-refractivity contribution in [2.24, 2.45) is 0 Å². The Hall–Kier alpha value is -2.87. The zero-order chi connectivity index (χ0) is 21.7. The number of aliphatic hydroxyl groups excluding tert-OH is 2. The largest absolute Gasteiger partial charge is 0.507 e. The molecule has 158 valence electrons. The molecular weight excluding hydrogens is 410 g/mol. The van der Waals surface area contributed by atoms with Crippen LogP contribution in [0.1, 0.15) is 17.2 Å². The molecular formula is C22H22ClNO6. The molecule has 0 aliphatic carbocycles. The Morgan fingerprint density at radius 2 is 1.73 bits per heavy atom. The lowest BCUT2D eigenvalue weighted by molar-refractivity contribution is -0.140. The van der Waals surface area contributed by atoms with Crippen molar-refractivity contribution < 1.29 is 29.3 Å². The number of carbonyl (C=O) groups is 2. The highest BCUT2D eigenvalue weighted by molar-refractivity contribution is 6.46. The molecule has 1 aliphatic rings. The van der Waals surface area contributed by atoms with E-state index < -0.39 is 17.7 Å². The Labute approximate surface area is 179 Å². The first-order chi connectivity index (χ1) is 14.5. The van der Waals surface area contributed by atoms with Crippen LogP contribution in [0.2, 0.25) is 5.02 Å². The number of likely N-dealkylation sites (tertiary alicyclic amines) is 1. The van der Waals surface area contributed by atoms with Crippen molar-refractivity contribution >= 4 is 29.1 Å². The van der Waals surface area contributed by atoms with Gasteiger partial charge < -0.3 is 24.6 Å². The summed E-state index contributed by atoms with van der Waals surface area (Å²) in [4.78, 5) is 27.0. The van der Waals surface area contributed by atoms with Gasteiger partial charge in [0.05, 0.1) is 38.5 Å². The number of ketones is 1. The van der Waals surface area contributed by atoms with E-state index in [9.17, 15) is 14.7 Å². The Morgan fingerprint density at radius 1 is 1.07 bits per heavy atom. The average Bonchev–Trinajstić information content (AvgIpc) is 3.01. The summed E-state index contributed by atoms with van der Waals surface area (Å²) >= 11 is 5.99. The van der Waals surface area contributed by atoms with Crippen LogP contribution in [0, 0.1) is 0 Å². The van der Waals surface area contributed by atoms with Gasteiger partial charge in [0.1, 0.15) is 11.5 Å². The molecule has 2 aromatic carbocycles. The molecule has 1 fully saturated rings. The maximum atomic E-state index is 12.9. The lowest BCUT2D eigenvalue weighted by Crippen LogP contribution is -2.33. The minimum Gasteiger partial charge on any atom is -0.507 e. The average molecular weight is 432 g/mol. The quantitative estimate of drug-likeness (QED) is 0.289. The highest BCUT2D eigenvalue weighted by atomic mass is 35.5. The van der Waals surface area contributed by atoms with E-state index in [1.807, 2.05) is 0 Å². The Morgan fingerprint density at radius 3 is 2.33 bits per heavy atom. The third-order valence-corrected chi connectivity index (χ3v) is 5.05. The van der Waals surface area contributed by atoms with E-state index in [0.29, 0.717) is 21.9 Å². The predicted octanol–water partition coefficient (Wildman–Crippen LogP) is 2.78. The molecule has 3 rings (SSSR count). The number of Topliss-reactive ketones (excluding diaryl/α,β-unsaturated/α-hetero) is 1. The third kappa shape index (κ3) is 4.48. The van der Waals surface area contributed by atoms with E-state index in [1.54, 1.807) is 48.5 Å². The van der Waals surface area contributed by atoms with Crippen LogP contribution in [0.3, 0.4) is 0 Å². The molecule has 7 nitrogen and oxygen atoms in total. The predicted molar refractivity (Wildman–Crippen MR) is 111 cm³/mol. The molecule has 1 atom stereocenters. The number of halogens is 1. The number of benzene rings is 2. The summed E-state index contributed by atoms with van der Waals surface area (Å²) in [7, 11) is 1.53. The van der Waals surface area contributed by atoms with Crippen molar-refractivity contribution in [1.82, 2.24) is 4.90 Å². The van der Waals surface area contributed by atoms with Gasteiger partial charge in [0.15, 0.2) is 0 Å². The van der Waals surface area contributed by atoms with E-state index in [4.69, 9.17) is 26.2 Å². The number of ether oxygens (including phenoxy) is 2. The van der Waals surface area contributed by atoms with E-state index in [0.717, 1.165) is 0 Å². The number of nitrogens with zero attached hydrogens (tertiary/aromatic N) is 1. The summed E-state index contributed by atoms with van der Waals surface area (Å²) in [6.45, 7) is 0.246. The van der Waals surface area contributed by atoms with Crippen LogP contribution in [0.4, 0.5) is 0 Å². The van der Waals surface area contributed by atoms with Gasteiger partial charge in [-0.25, -0.2) is 0 Å². The monoisotopic (exact) mass is 431 g/mol. The van der Waals surface area contributed by atoms with E-state index in [1.165, 1.54) is 12.0 Å². The summed E-state index contributed by atoms with van der Waals surface area (Å²) in [5.74, 6) is -1.17. The highest BCUT2D eigenvalue weighted by Gasteiger charge is 2.45. The maximum absolute atomic E-state index is 12.9. The van der Waals surface area contributed by atoms with Gasteiger partial charge in [0, 0.05) is 17.1 Å². The molecule has 1 saturated heterocycles. The molecule has 0 radical (unpaired) electrons. The number of carbonyl (C=O) groups excluding carboxylic acids is 2. The molecule has 30 heavy (non-hydrogen) atoms.